The van der Waals surface area contributed by atoms with Gasteiger partial charge in [-0.2, -0.15) is 0 Å². The van der Waals surface area contributed by atoms with Crippen LogP contribution in [0.2, 0.25) is 0 Å². The molecular formula is C17H22N2O2S. The minimum absolute atomic E-state index is 0.00936. The van der Waals surface area contributed by atoms with Crippen LogP contribution < -0.4 is 0 Å². The molecule has 2 aromatic heterocycles. The molecular weight excluding hydrogens is 296 g/mol. The largest absolute Gasteiger partial charge is 0.355 e. The van der Waals surface area contributed by atoms with E-state index in [1.165, 1.54) is 11.8 Å². The number of Topliss-reactive ketones (excluding diaryl/α,β-unsaturated/α-hetero) is 2. The van der Waals surface area contributed by atoms with E-state index < -0.39 is 0 Å². The summed E-state index contributed by atoms with van der Waals surface area (Å²) in [6.45, 7) is 7.84. The van der Waals surface area contributed by atoms with Crippen molar-refractivity contribution < 1.29 is 9.59 Å². The van der Waals surface area contributed by atoms with Crippen molar-refractivity contribution in [3.8, 4) is 0 Å². The van der Waals surface area contributed by atoms with E-state index in [4.69, 9.17) is 0 Å². The standard InChI is InChI=1S/C17H22N2O2S/c1-10-15(13(4)20)11(2)18-16(10)17(21)12(3)19(5)9-14-7-6-8-22-14/h6-8,12,18H,9H2,1-5H3/t12-/m1/s1. The molecule has 0 saturated carbocycles. The maximum Gasteiger partial charge on any atom is 0.196 e. The van der Waals surface area contributed by atoms with Crippen LogP contribution in [0, 0.1) is 13.8 Å². The smallest absolute Gasteiger partial charge is 0.196 e. The number of likely N-dealkylation sites (N-methyl/N-ethyl adjacent to an activating group) is 1. The number of hydrogen-bond acceptors (Lipinski definition) is 4. The lowest BCUT2D eigenvalue weighted by atomic mass is 10.0. The second-order valence-electron chi connectivity index (χ2n) is 5.72. The van der Waals surface area contributed by atoms with E-state index >= 15 is 0 Å². The van der Waals surface area contributed by atoms with Crippen molar-refractivity contribution in [2.75, 3.05) is 7.05 Å². The van der Waals surface area contributed by atoms with E-state index in [2.05, 4.69) is 11.1 Å². The quantitative estimate of drug-likeness (QED) is 0.828. The number of ketones is 2. The predicted molar refractivity (Wildman–Crippen MR) is 89.8 cm³/mol. The van der Waals surface area contributed by atoms with Crippen molar-refractivity contribution >= 4 is 22.9 Å². The summed E-state index contributed by atoms with van der Waals surface area (Å²) in [5.74, 6) is 0.0112. The zero-order valence-corrected chi connectivity index (χ0v) is 14.5. The Kier molecular flexibility index (Phi) is 4.98. The number of hydrogen-bond donors (Lipinski definition) is 1. The topological polar surface area (TPSA) is 53.2 Å². The Bertz CT molecular complexity index is 686. The Balaban J connectivity index is 2.20. The summed E-state index contributed by atoms with van der Waals surface area (Å²) in [5.41, 5.74) is 2.71. The number of carbonyl (C=O) groups excluding carboxylic acids is 2. The summed E-state index contributed by atoms with van der Waals surface area (Å²) in [5, 5.41) is 2.03. The van der Waals surface area contributed by atoms with Gasteiger partial charge in [0.05, 0.1) is 11.7 Å². The first-order valence-corrected chi connectivity index (χ1v) is 8.17. The molecule has 0 spiro atoms. The molecule has 2 aromatic rings. The summed E-state index contributed by atoms with van der Waals surface area (Å²) in [6, 6.07) is 3.83. The molecule has 4 nitrogen and oxygen atoms in total. The molecule has 0 amide bonds. The zero-order chi connectivity index (χ0) is 16.4. The fourth-order valence-corrected chi connectivity index (χ4v) is 3.49. The third-order valence-electron chi connectivity index (χ3n) is 4.06. The number of thiophene rings is 1. The molecule has 0 aromatic carbocycles. The van der Waals surface area contributed by atoms with Gasteiger partial charge in [-0.15, -0.1) is 11.3 Å². The second kappa shape index (κ2) is 6.58. The lowest BCUT2D eigenvalue weighted by Gasteiger charge is -2.22. The van der Waals surface area contributed by atoms with E-state index in [0.717, 1.165) is 17.8 Å². The number of nitrogens with one attached hydrogen (secondary N) is 1. The summed E-state index contributed by atoms with van der Waals surface area (Å²) in [6.07, 6.45) is 0. The first-order valence-electron chi connectivity index (χ1n) is 7.29. The summed E-state index contributed by atoms with van der Waals surface area (Å²) in [4.78, 5) is 30.8. The number of nitrogens with zero attached hydrogens (tertiary/aromatic N) is 1. The number of rotatable bonds is 6. The van der Waals surface area contributed by atoms with Crippen molar-refractivity contribution in [3.05, 3.63) is 44.9 Å². The molecule has 2 rings (SSSR count). The van der Waals surface area contributed by atoms with Crippen molar-refractivity contribution in [1.82, 2.24) is 9.88 Å². The van der Waals surface area contributed by atoms with Gasteiger partial charge in [-0.25, -0.2) is 0 Å². The van der Waals surface area contributed by atoms with Crippen LogP contribution in [0.4, 0.5) is 0 Å². The molecule has 0 radical (unpaired) electrons. The molecule has 0 fully saturated rings. The van der Waals surface area contributed by atoms with Gasteiger partial charge in [0.25, 0.3) is 0 Å². The van der Waals surface area contributed by atoms with Gasteiger partial charge < -0.3 is 4.98 Å². The average molecular weight is 318 g/mol. The highest BCUT2D eigenvalue weighted by molar-refractivity contribution is 7.09. The van der Waals surface area contributed by atoms with Crippen LogP contribution in [0.1, 0.15) is 50.8 Å². The highest BCUT2D eigenvalue weighted by atomic mass is 32.1. The first kappa shape index (κ1) is 16.6. The van der Waals surface area contributed by atoms with Crippen molar-refractivity contribution in [2.45, 2.75) is 40.3 Å². The molecule has 2 heterocycles. The minimum Gasteiger partial charge on any atom is -0.355 e. The van der Waals surface area contributed by atoms with Gasteiger partial charge in [-0.1, -0.05) is 6.07 Å². The summed E-state index contributed by atoms with van der Waals surface area (Å²) in [7, 11) is 1.94. The number of carbonyl (C=O) groups is 2. The highest BCUT2D eigenvalue weighted by Gasteiger charge is 2.25. The third kappa shape index (κ3) is 3.20. The zero-order valence-electron chi connectivity index (χ0n) is 13.7. The van der Waals surface area contributed by atoms with E-state index in [-0.39, 0.29) is 17.6 Å². The molecule has 0 aliphatic carbocycles. The van der Waals surface area contributed by atoms with Gasteiger partial charge in [0.1, 0.15) is 0 Å². The molecule has 0 saturated heterocycles. The monoisotopic (exact) mass is 318 g/mol. The van der Waals surface area contributed by atoms with Crippen LogP contribution in [-0.4, -0.2) is 34.5 Å². The van der Waals surface area contributed by atoms with Gasteiger partial charge in [0.2, 0.25) is 0 Å². The molecule has 0 aliphatic rings. The molecule has 1 atom stereocenters. The normalized spacial score (nSPS) is 12.6. The van der Waals surface area contributed by atoms with Crippen LogP contribution in [-0.2, 0) is 6.54 Å². The van der Waals surface area contributed by atoms with Gasteiger partial charge in [0.15, 0.2) is 11.6 Å². The van der Waals surface area contributed by atoms with E-state index in [9.17, 15) is 9.59 Å². The van der Waals surface area contributed by atoms with Crippen LogP contribution in [0.3, 0.4) is 0 Å². The van der Waals surface area contributed by atoms with Gasteiger partial charge in [-0.05, 0) is 51.8 Å². The van der Waals surface area contributed by atoms with Gasteiger partial charge >= 0.3 is 0 Å². The van der Waals surface area contributed by atoms with E-state index in [0.29, 0.717) is 11.3 Å². The van der Waals surface area contributed by atoms with Gasteiger partial charge in [-0.3, -0.25) is 14.5 Å². The van der Waals surface area contributed by atoms with Crippen molar-refractivity contribution in [3.63, 3.8) is 0 Å². The predicted octanol–water partition coefficient (Wildman–Crippen LogP) is 3.60. The summed E-state index contributed by atoms with van der Waals surface area (Å²) < 4.78 is 0. The second-order valence-corrected chi connectivity index (χ2v) is 6.75. The molecule has 0 bridgehead atoms. The van der Waals surface area contributed by atoms with Crippen molar-refractivity contribution in [1.29, 1.82) is 0 Å². The average Bonchev–Trinajstić information content (AvgIpc) is 3.05. The highest BCUT2D eigenvalue weighted by Crippen LogP contribution is 2.21. The SMILES string of the molecule is CC(=O)c1c(C)[nH]c(C(=O)[C@@H](C)N(C)Cc2cccs2)c1C. The Hall–Kier alpha value is -1.72. The van der Waals surface area contributed by atoms with Crippen LogP contribution in [0.5, 0.6) is 0 Å². The molecule has 5 heteroatoms. The molecule has 118 valence electrons. The summed E-state index contributed by atoms with van der Waals surface area (Å²) >= 11 is 1.68. The van der Waals surface area contributed by atoms with E-state index in [1.54, 1.807) is 11.3 Å². The molecule has 1 N–H and O–H groups in total. The van der Waals surface area contributed by atoms with Gasteiger partial charge in [0, 0.05) is 22.7 Å². The Morgan fingerprint density at radius 2 is 2.05 bits per heavy atom. The van der Waals surface area contributed by atoms with Crippen molar-refractivity contribution in [2.24, 2.45) is 0 Å². The Labute approximate surface area is 135 Å². The fraction of sp³-hybridized carbons (Fsp3) is 0.412. The number of H-pyrrole nitrogens is 1. The number of aromatic amines is 1. The maximum absolute atomic E-state index is 12.7. The minimum atomic E-state index is -0.251. The van der Waals surface area contributed by atoms with Crippen LogP contribution in [0.15, 0.2) is 17.5 Å². The van der Waals surface area contributed by atoms with E-state index in [1.807, 2.05) is 44.2 Å². The number of aromatic nitrogens is 1. The molecule has 0 unspecified atom stereocenters. The Morgan fingerprint density at radius 3 is 2.55 bits per heavy atom. The Morgan fingerprint density at radius 1 is 1.36 bits per heavy atom. The molecule has 0 aliphatic heterocycles. The lowest BCUT2D eigenvalue weighted by molar-refractivity contribution is 0.0857. The number of aryl methyl sites for hydroxylation is 1. The van der Waals surface area contributed by atoms with Crippen LogP contribution in [0.25, 0.3) is 0 Å². The molecule has 22 heavy (non-hydrogen) atoms. The lowest BCUT2D eigenvalue weighted by Crippen LogP contribution is -2.35. The maximum atomic E-state index is 12.7. The first-order chi connectivity index (χ1) is 10.3. The fourth-order valence-electron chi connectivity index (χ4n) is 2.72. The third-order valence-corrected chi connectivity index (χ3v) is 4.92. The van der Waals surface area contributed by atoms with Crippen LogP contribution >= 0.6 is 11.3 Å².